The number of ether oxygens (including phenoxy) is 1. The average molecular weight is 464 g/mol. The van der Waals surface area contributed by atoms with Gasteiger partial charge in [0.2, 0.25) is 5.91 Å². The van der Waals surface area contributed by atoms with Crippen molar-refractivity contribution >= 4 is 17.7 Å². The lowest BCUT2D eigenvalue weighted by atomic mass is 9.87. The van der Waals surface area contributed by atoms with Crippen molar-refractivity contribution in [1.29, 1.82) is 0 Å². The van der Waals surface area contributed by atoms with Crippen molar-refractivity contribution in [3.63, 3.8) is 0 Å². The summed E-state index contributed by atoms with van der Waals surface area (Å²) in [5.74, 6) is -0.317. The highest BCUT2D eigenvalue weighted by Gasteiger charge is 2.36. The molecule has 3 amide bonds. The number of likely N-dealkylation sites (tertiary alicyclic amines) is 1. The SMILES string of the molecule is Cc1cccc(C(=O)N[C@H](C(=O)N2CCOCC2)C2CCN(C(=O)c3ccccc3C)CC2)c1. The first-order chi connectivity index (χ1) is 16.4. The van der Waals surface area contributed by atoms with Gasteiger partial charge in [-0.1, -0.05) is 35.9 Å². The molecule has 0 bridgehead atoms. The largest absolute Gasteiger partial charge is 0.378 e. The van der Waals surface area contributed by atoms with E-state index in [1.165, 1.54) is 0 Å². The fraction of sp³-hybridized carbons (Fsp3) is 0.444. The highest BCUT2D eigenvalue weighted by Crippen LogP contribution is 2.25. The van der Waals surface area contributed by atoms with E-state index in [1.54, 1.807) is 11.0 Å². The Morgan fingerprint density at radius 2 is 1.62 bits per heavy atom. The van der Waals surface area contributed by atoms with Crippen LogP contribution < -0.4 is 5.32 Å². The number of amides is 3. The van der Waals surface area contributed by atoms with E-state index in [0.29, 0.717) is 57.8 Å². The molecule has 0 radical (unpaired) electrons. The van der Waals surface area contributed by atoms with E-state index >= 15 is 0 Å². The molecule has 0 aromatic heterocycles. The van der Waals surface area contributed by atoms with Gasteiger partial charge in [-0.15, -0.1) is 0 Å². The topological polar surface area (TPSA) is 79.0 Å². The summed E-state index contributed by atoms with van der Waals surface area (Å²) in [6.07, 6.45) is 1.32. The molecule has 2 aliphatic rings. The number of benzene rings is 2. The molecule has 34 heavy (non-hydrogen) atoms. The normalized spacial score (nSPS) is 17.8. The Kier molecular flexibility index (Phi) is 7.63. The van der Waals surface area contributed by atoms with Gasteiger partial charge >= 0.3 is 0 Å². The second-order valence-electron chi connectivity index (χ2n) is 9.20. The number of nitrogens with one attached hydrogen (secondary N) is 1. The van der Waals surface area contributed by atoms with E-state index in [1.807, 2.05) is 61.2 Å². The molecular weight excluding hydrogens is 430 g/mol. The van der Waals surface area contributed by atoms with Gasteiger partial charge in [-0.3, -0.25) is 14.4 Å². The molecule has 1 N–H and O–H groups in total. The number of piperidine rings is 1. The average Bonchev–Trinajstić information content (AvgIpc) is 2.87. The second-order valence-corrected chi connectivity index (χ2v) is 9.20. The summed E-state index contributed by atoms with van der Waals surface area (Å²) in [5.41, 5.74) is 3.22. The molecule has 0 aliphatic carbocycles. The lowest BCUT2D eigenvalue weighted by Gasteiger charge is -2.38. The van der Waals surface area contributed by atoms with Crippen molar-refractivity contribution in [2.75, 3.05) is 39.4 Å². The van der Waals surface area contributed by atoms with Crippen LogP contribution in [0, 0.1) is 19.8 Å². The third-order valence-electron chi connectivity index (χ3n) is 6.83. The summed E-state index contributed by atoms with van der Waals surface area (Å²) >= 11 is 0. The number of rotatable bonds is 5. The summed E-state index contributed by atoms with van der Waals surface area (Å²) < 4.78 is 5.41. The van der Waals surface area contributed by atoms with Crippen LogP contribution in [0.2, 0.25) is 0 Å². The second kappa shape index (κ2) is 10.8. The van der Waals surface area contributed by atoms with Gasteiger partial charge in [-0.2, -0.15) is 0 Å². The number of hydrogen-bond donors (Lipinski definition) is 1. The molecule has 7 nitrogen and oxygen atoms in total. The number of nitrogens with zero attached hydrogens (tertiary/aromatic N) is 2. The summed E-state index contributed by atoms with van der Waals surface area (Å²) in [6, 6.07) is 14.4. The van der Waals surface area contributed by atoms with Gasteiger partial charge in [0, 0.05) is 37.3 Å². The molecule has 2 saturated heterocycles. The minimum Gasteiger partial charge on any atom is -0.378 e. The standard InChI is InChI=1S/C27H33N3O4/c1-19-6-5-8-22(18-19)25(31)28-24(27(33)30-14-16-34-17-15-30)21-10-12-29(13-11-21)26(32)23-9-4-3-7-20(23)2/h3-9,18,21,24H,10-17H2,1-2H3,(H,28,31)/t24-/m0/s1. The van der Waals surface area contributed by atoms with Gasteiger partial charge in [0.1, 0.15) is 6.04 Å². The predicted octanol–water partition coefficient (Wildman–Crippen LogP) is 2.81. The quantitative estimate of drug-likeness (QED) is 0.740. The lowest BCUT2D eigenvalue weighted by Crippen LogP contribution is -2.56. The summed E-state index contributed by atoms with van der Waals surface area (Å²) in [5, 5.41) is 3.04. The zero-order valence-corrected chi connectivity index (χ0v) is 20.0. The number of hydrogen-bond acceptors (Lipinski definition) is 4. The first-order valence-electron chi connectivity index (χ1n) is 12.0. The predicted molar refractivity (Wildman–Crippen MR) is 130 cm³/mol. The summed E-state index contributed by atoms with van der Waals surface area (Å²) in [4.78, 5) is 43.2. The van der Waals surface area contributed by atoms with E-state index in [9.17, 15) is 14.4 Å². The van der Waals surface area contributed by atoms with Crippen LogP contribution in [0.25, 0.3) is 0 Å². The summed E-state index contributed by atoms with van der Waals surface area (Å²) in [7, 11) is 0. The Balaban J connectivity index is 1.47. The van der Waals surface area contributed by atoms with Crippen LogP contribution in [0.3, 0.4) is 0 Å². The Morgan fingerprint density at radius 1 is 0.912 bits per heavy atom. The highest BCUT2D eigenvalue weighted by atomic mass is 16.5. The third-order valence-corrected chi connectivity index (χ3v) is 6.83. The molecule has 180 valence electrons. The van der Waals surface area contributed by atoms with Crippen molar-refractivity contribution in [2.24, 2.45) is 5.92 Å². The molecular formula is C27H33N3O4. The van der Waals surface area contributed by atoms with Crippen LogP contribution >= 0.6 is 0 Å². The van der Waals surface area contributed by atoms with E-state index in [4.69, 9.17) is 4.74 Å². The van der Waals surface area contributed by atoms with E-state index in [2.05, 4.69) is 5.32 Å². The van der Waals surface area contributed by atoms with Crippen molar-refractivity contribution in [3.8, 4) is 0 Å². The van der Waals surface area contributed by atoms with Crippen molar-refractivity contribution in [2.45, 2.75) is 32.7 Å². The van der Waals surface area contributed by atoms with E-state index in [0.717, 1.165) is 16.7 Å². The lowest BCUT2D eigenvalue weighted by molar-refractivity contribution is -0.139. The maximum atomic E-state index is 13.5. The van der Waals surface area contributed by atoms with Crippen LogP contribution in [0.15, 0.2) is 48.5 Å². The zero-order valence-electron chi connectivity index (χ0n) is 20.0. The van der Waals surface area contributed by atoms with Crippen LogP contribution in [0.4, 0.5) is 0 Å². The first-order valence-corrected chi connectivity index (χ1v) is 12.0. The van der Waals surface area contributed by atoms with Gasteiger partial charge in [0.25, 0.3) is 11.8 Å². The number of carbonyl (C=O) groups excluding carboxylic acids is 3. The molecule has 2 fully saturated rings. The fourth-order valence-electron chi connectivity index (χ4n) is 4.79. The molecule has 7 heteroatoms. The van der Waals surface area contributed by atoms with Crippen molar-refractivity contribution in [1.82, 2.24) is 15.1 Å². The van der Waals surface area contributed by atoms with Gasteiger partial charge in [-0.25, -0.2) is 0 Å². The molecule has 0 spiro atoms. The maximum Gasteiger partial charge on any atom is 0.254 e. The van der Waals surface area contributed by atoms with Gasteiger partial charge in [0.15, 0.2) is 0 Å². The van der Waals surface area contributed by atoms with E-state index in [-0.39, 0.29) is 23.6 Å². The Hall–Kier alpha value is -3.19. The fourth-order valence-corrected chi connectivity index (χ4v) is 4.79. The molecule has 4 rings (SSSR count). The van der Waals surface area contributed by atoms with Crippen molar-refractivity contribution < 1.29 is 19.1 Å². The van der Waals surface area contributed by atoms with Crippen LogP contribution in [-0.2, 0) is 9.53 Å². The first kappa shape index (κ1) is 24.0. The van der Waals surface area contributed by atoms with Gasteiger partial charge in [-0.05, 0) is 56.4 Å². The Morgan fingerprint density at radius 3 is 2.29 bits per heavy atom. The maximum absolute atomic E-state index is 13.5. The summed E-state index contributed by atoms with van der Waals surface area (Å²) in [6.45, 7) is 7.07. The highest BCUT2D eigenvalue weighted by molar-refractivity contribution is 5.98. The Labute approximate surface area is 201 Å². The third kappa shape index (κ3) is 5.47. The van der Waals surface area contributed by atoms with Crippen molar-refractivity contribution in [3.05, 3.63) is 70.8 Å². The van der Waals surface area contributed by atoms with Gasteiger partial charge < -0.3 is 19.9 Å². The smallest absolute Gasteiger partial charge is 0.254 e. The molecule has 2 aliphatic heterocycles. The number of aryl methyl sites for hydroxylation is 2. The molecule has 1 atom stereocenters. The van der Waals surface area contributed by atoms with Crippen LogP contribution in [0.1, 0.15) is 44.7 Å². The molecule has 2 heterocycles. The molecule has 2 aromatic carbocycles. The monoisotopic (exact) mass is 463 g/mol. The minimum atomic E-state index is -0.623. The van der Waals surface area contributed by atoms with Crippen LogP contribution in [0.5, 0.6) is 0 Å². The van der Waals surface area contributed by atoms with Gasteiger partial charge in [0.05, 0.1) is 13.2 Å². The molecule has 2 aromatic rings. The Bertz CT molecular complexity index is 1040. The molecule has 0 saturated carbocycles. The minimum absolute atomic E-state index is 0.0244. The zero-order chi connectivity index (χ0) is 24.1. The van der Waals surface area contributed by atoms with E-state index < -0.39 is 6.04 Å². The molecule has 0 unspecified atom stereocenters. The van der Waals surface area contributed by atoms with Crippen LogP contribution in [-0.4, -0.2) is 73.0 Å². The number of morpholine rings is 1. The number of carbonyl (C=O) groups is 3.